The zero-order valence-electron chi connectivity index (χ0n) is 29.0. The minimum atomic E-state index is -5.22. The largest absolute Gasteiger partial charge is 0.756 e. The van der Waals surface area contributed by atoms with Gasteiger partial charge in [0.15, 0.2) is 0 Å². The normalized spacial score (nSPS) is 26.9. The third kappa shape index (κ3) is 7.63. The van der Waals surface area contributed by atoms with Crippen LogP contribution in [0.1, 0.15) is 87.7 Å². The first-order valence-corrected chi connectivity index (χ1v) is 19.7. The standard InChI is InChI=1S/C34H40N4O12P2/c1-33(2)31(29(37-13-5-7-27(37)39)23-17-21(19-35)9-11-25(23)47-33)49-51(41,42)45-15-16-46-52(43,44)50-32-30(38-14-6-8-28(38)40)24-18-22(20-36)10-12-26(24)48-34(32,3)4/h9-12,17-18,29-32H,5-8,13-16H2,1-4H3,(H,41,42)(H,43,44)/p-2/t29-,30-,31+,32+/m0/s1. The lowest BCUT2D eigenvalue weighted by atomic mass is 9.85. The number of carbonyl (C=O) groups excluding carboxylic acids is 2. The molecule has 0 saturated carbocycles. The fourth-order valence-corrected chi connectivity index (χ4v) is 9.26. The molecule has 2 aromatic rings. The van der Waals surface area contributed by atoms with Crippen molar-refractivity contribution in [3.8, 4) is 23.6 Å². The van der Waals surface area contributed by atoms with Crippen molar-refractivity contribution in [2.45, 2.75) is 88.9 Å². The summed E-state index contributed by atoms with van der Waals surface area (Å²) in [4.78, 5) is 55.3. The first kappa shape index (κ1) is 37.9. The number of benzene rings is 2. The van der Waals surface area contributed by atoms with Gasteiger partial charge in [-0.1, -0.05) is 0 Å². The Balaban J connectivity index is 1.15. The first-order valence-electron chi connectivity index (χ1n) is 16.8. The number of likely N-dealkylation sites (tertiary alicyclic amines) is 2. The van der Waals surface area contributed by atoms with Crippen molar-refractivity contribution in [1.29, 1.82) is 10.5 Å². The molecule has 16 nitrogen and oxygen atoms in total. The number of rotatable bonds is 11. The maximum absolute atomic E-state index is 13.2. The van der Waals surface area contributed by atoms with Gasteiger partial charge in [-0.2, -0.15) is 10.5 Å². The van der Waals surface area contributed by atoms with Gasteiger partial charge in [0.1, 0.15) is 34.9 Å². The van der Waals surface area contributed by atoms with Crippen LogP contribution in [0.15, 0.2) is 36.4 Å². The van der Waals surface area contributed by atoms with E-state index in [9.17, 15) is 39.0 Å². The summed E-state index contributed by atoms with van der Waals surface area (Å²) in [6.07, 6.45) is -1.02. The van der Waals surface area contributed by atoms with Gasteiger partial charge in [-0.25, -0.2) is 0 Å². The quantitative estimate of drug-likeness (QED) is 0.236. The molecular weight excluding hydrogens is 718 g/mol. The van der Waals surface area contributed by atoms with Crippen LogP contribution in [0.5, 0.6) is 11.5 Å². The molecule has 4 aliphatic heterocycles. The molecule has 4 aliphatic rings. The zero-order chi connectivity index (χ0) is 37.6. The summed E-state index contributed by atoms with van der Waals surface area (Å²) in [5.41, 5.74) is -1.25. The Morgan fingerprint density at radius 1 is 0.750 bits per heavy atom. The highest BCUT2D eigenvalue weighted by atomic mass is 31.2. The number of phosphoric ester groups is 2. The Kier molecular flexibility index (Phi) is 10.4. The van der Waals surface area contributed by atoms with E-state index in [2.05, 4.69) is 0 Å². The number of carbonyl (C=O) groups is 2. The van der Waals surface area contributed by atoms with E-state index in [0.29, 0.717) is 48.6 Å². The molecule has 0 spiro atoms. The van der Waals surface area contributed by atoms with E-state index in [1.807, 2.05) is 12.1 Å². The highest BCUT2D eigenvalue weighted by Crippen LogP contribution is 2.54. The minimum Gasteiger partial charge on any atom is -0.756 e. The van der Waals surface area contributed by atoms with Gasteiger partial charge in [-0.3, -0.25) is 18.7 Å². The van der Waals surface area contributed by atoms with Gasteiger partial charge >= 0.3 is 0 Å². The fourth-order valence-electron chi connectivity index (χ4n) is 7.25. The van der Waals surface area contributed by atoms with E-state index in [1.54, 1.807) is 52.0 Å². The summed E-state index contributed by atoms with van der Waals surface area (Å²) in [6, 6.07) is 11.5. The molecule has 0 radical (unpaired) electrons. The summed E-state index contributed by atoms with van der Waals surface area (Å²) in [7, 11) is -10.4. The van der Waals surface area contributed by atoms with Gasteiger partial charge < -0.3 is 47.2 Å². The third-order valence-electron chi connectivity index (χ3n) is 9.56. The molecule has 4 heterocycles. The van der Waals surface area contributed by atoms with Crippen molar-refractivity contribution in [3.05, 3.63) is 58.7 Å². The molecule has 6 atom stereocenters. The molecule has 0 aromatic heterocycles. The van der Waals surface area contributed by atoms with E-state index in [-0.39, 0.29) is 35.8 Å². The second kappa shape index (κ2) is 14.2. The number of ether oxygens (including phenoxy) is 2. The van der Waals surface area contributed by atoms with Crippen LogP contribution >= 0.6 is 15.6 Å². The monoisotopic (exact) mass is 756 g/mol. The van der Waals surface area contributed by atoms with Crippen molar-refractivity contribution in [1.82, 2.24) is 9.80 Å². The second-order valence-corrected chi connectivity index (χ2v) is 16.8. The number of hydrogen-bond acceptors (Lipinski definition) is 14. The van der Waals surface area contributed by atoms with Gasteiger partial charge in [0.2, 0.25) is 11.8 Å². The van der Waals surface area contributed by atoms with Crippen LogP contribution in [0.2, 0.25) is 0 Å². The maximum atomic E-state index is 13.2. The van der Waals surface area contributed by atoms with Crippen LogP contribution in [0, 0.1) is 22.7 Å². The summed E-state index contributed by atoms with van der Waals surface area (Å²) >= 11 is 0. The summed E-state index contributed by atoms with van der Waals surface area (Å²) < 4.78 is 59.9. The number of fused-ring (bicyclic) bond motifs is 2. The number of hydrogen-bond donors (Lipinski definition) is 0. The predicted molar refractivity (Wildman–Crippen MR) is 176 cm³/mol. The predicted octanol–water partition coefficient (Wildman–Crippen LogP) is 3.54. The molecule has 0 bridgehead atoms. The van der Waals surface area contributed by atoms with Crippen molar-refractivity contribution >= 4 is 27.5 Å². The van der Waals surface area contributed by atoms with E-state index >= 15 is 0 Å². The van der Waals surface area contributed by atoms with E-state index < -0.39 is 64.4 Å². The first-order chi connectivity index (χ1) is 24.4. The second-order valence-electron chi connectivity index (χ2n) is 14.0. The van der Waals surface area contributed by atoms with Crippen molar-refractivity contribution < 1.29 is 56.1 Å². The Hall–Kier alpha value is -3.82. The topological polar surface area (TPSA) is 224 Å². The number of nitriles is 2. The Morgan fingerprint density at radius 3 is 1.46 bits per heavy atom. The third-order valence-corrected chi connectivity index (χ3v) is 11.5. The highest BCUT2D eigenvalue weighted by molar-refractivity contribution is 7.46. The average molecular weight is 757 g/mol. The Morgan fingerprint density at radius 2 is 1.13 bits per heavy atom. The van der Waals surface area contributed by atoms with E-state index in [4.69, 9.17) is 27.6 Å². The minimum absolute atomic E-state index is 0.220. The molecular formula is C34H38N4O12P2-2. The zero-order valence-corrected chi connectivity index (χ0v) is 30.8. The van der Waals surface area contributed by atoms with Gasteiger partial charge in [0.25, 0.3) is 15.6 Å². The smallest absolute Gasteiger partial charge is 0.268 e. The van der Waals surface area contributed by atoms with E-state index in [1.165, 1.54) is 21.9 Å². The van der Waals surface area contributed by atoms with E-state index in [0.717, 1.165) is 0 Å². The SMILES string of the molecule is CC1(C)Oc2ccc(C#N)cc2[C@H](N2CCCC2=O)[C@H]1OP(=O)([O-])OCCOP(=O)([O-])O[C@@H]1[C@@H](N2CCCC2=O)c2cc(C#N)ccc2OC1(C)C. The van der Waals surface area contributed by atoms with Gasteiger partial charge in [0.05, 0.1) is 48.6 Å². The van der Waals surface area contributed by atoms with Crippen molar-refractivity contribution in [3.63, 3.8) is 0 Å². The van der Waals surface area contributed by atoms with Gasteiger partial charge in [-0.05, 0) is 76.9 Å². The van der Waals surface area contributed by atoms with Crippen LogP contribution < -0.4 is 19.3 Å². The Bertz CT molecular complexity index is 1800. The molecule has 0 aliphatic carbocycles. The lowest BCUT2D eigenvalue weighted by Gasteiger charge is -2.48. The summed E-state index contributed by atoms with van der Waals surface area (Å²) in [5.74, 6) is 0.295. The molecule has 2 saturated heterocycles. The van der Waals surface area contributed by atoms with Crippen LogP contribution in [0.3, 0.4) is 0 Å². The summed E-state index contributed by atoms with van der Waals surface area (Å²) in [6.45, 7) is 5.46. The van der Waals surface area contributed by atoms with Crippen LogP contribution in [0.4, 0.5) is 0 Å². The molecule has 278 valence electrons. The molecule has 0 N–H and O–H groups in total. The lowest BCUT2D eigenvalue weighted by molar-refractivity contribution is -0.247. The molecule has 6 rings (SSSR count). The molecule has 2 fully saturated rings. The number of amides is 2. The summed E-state index contributed by atoms with van der Waals surface area (Å²) in [5, 5.41) is 19.0. The highest BCUT2D eigenvalue weighted by Gasteiger charge is 2.52. The molecule has 2 aromatic carbocycles. The van der Waals surface area contributed by atoms with Gasteiger partial charge in [0, 0.05) is 37.1 Å². The molecule has 18 heteroatoms. The molecule has 2 unspecified atom stereocenters. The number of phosphoric acid groups is 2. The van der Waals surface area contributed by atoms with Crippen molar-refractivity contribution in [2.24, 2.45) is 0 Å². The maximum Gasteiger partial charge on any atom is 0.268 e. The van der Waals surface area contributed by atoms with Crippen molar-refractivity contribution in [2.75, 3.05) is 26.3 Å². The molecule has 52 heavy (non-hydrogen) atoms. The molecule has 2 amide bonds. The lowest BCUT2D eigenvalue weighted by Crippen LogP contribution is -2.55. The van der Waals surface area contributed by atoms with Crippen LogP contribution in [-0.4, -0.2) is 71.3 Å². The fraction of sp³-hybridized carbons (Fsp3) is 0.529. The Labute approximate surface area is 300 Å². The number of nitrogens with zero attached hydrogens (tertiary/aromatic N) is 4. The van der Waals surface area contributed by atoms with Crippen LogP contribution in [0.25, 0.3) is 0 Å². The average Bonchev–Trinajstić information content (AvgIpc) is 3.70. The van der Waals surface area contributed by atoms with Crippen LogP contribution in [-0.2, 0) is 36.8 Å². The van der Waals surface area contributed by atoms with Gasteiger partial charge in [-0.15, -0.1) is 0 Å².